The first kappa shape index (κ1) is 35.7. The van der Waals surface area contributed by atoms with Crippen molar-refractivity contribution in [2.45, 2.75) is 44.6 Å². The van der Waals surface area contributed by atoms with Crippen LogP contribution >= 0.6 is 0 Å². The van der Waals surface area contributed by atoms with Crippen molar-refractivity contribution in [3.63, 3.8) is 0 Å². The number of likely N-dealkylation sites (tertiary alicyclic amines) is 1. The van der Waals surface area contributed by atoms with Crippen molar-refractivity contribution in [2.75, 3.05) is 75.9 Å². The Labute approximate surface area is 312 Å². The van der Waals surface area contributed by atoms with E-state index in [9.17, 15) is 29.3 Å². The SMILES string of the molecule is COc1cc(N2CCC3(CCN(CN4CCN(c5ccc6c(c5)C(=O)N(C5CCC(=O)NC5=O)C6=O)CC4)CC3)CC2)c(-c2cnn(C)c2)cc1[N+](=O)[O-]. The standard InChI is InChI=1S/C38H45N9O7/c1-41-23-25(22-39-41)28-20-32(47(52)53)33(54-2)21-31(28)45-13-9-38(10-14-45)7-11-42(12-8-38)24-43-15-17-44(18-16-43)26-3-4-27-29(19-26)37(51)46(36(27)50)30-5-6-34(48)40-35(30)49/h3-4,19-23,30H,5-18,24H2,1-2H3,(H,40,48,49). The van der Waals surface area contributed by atoms with Gasteiger partial charge in [-0.05, 0) is 68.8 Å². The lowest BCUT2D eigenvalue weighted by molar-refractivity contribution is -0.385. The van der Waals surface area contributed by atoms with Crippen molar-refractivity contribution < 1.29 is 28.8 Å². The monoisotopic (exact) mass is 739 g/mol. The van der Waals surface area contributed by atoms with Gasteiger partial charge in [0.1, 0.15) is 6.04 Å². The molecule has 1 aromatic heterocycles. The minimum absolute atomic E-state index is 0.0557. The van der Waals surface area contributed by atoms with E-state index < -0.39 is 34.6 Å². The molecule has 16 heteroatoms. The maximum atomic E-state index is 13.3. The first-order chi connectivity index (χ1) is 26.0. The average molecular weight is 740 g/mol. The van der Waals surface area contributed by atoms with Gasteiger partial charge in [-0.3, -0.25) is 54.0 Å². The normalized spacial score (nSPS) is 22.2. The van der Waals surface area contributed by atoms with E-state index in [1.165, 1.54) is 7.11 Å². The summed E-state index contributed by atoms with van der Waals surface area (Å²) in [4.78, 5) is 72.6. The smallest absolute Gasteiger partial charge is 0.311 e. The summed E-state index contributed by atoms with van der Waals surface area (Å²) in [6.07, 6.45) is 8.25. The molecule has 1 atom stereocenters. The van der Waals surface area contributed by atoms with E-state index >= 15 is 0 Å². The Balaban J connectivity index is 0.839. The molecule has 4 fully saturated rings. The molecule has 3 aromatic rings. The van der Waals surface area contributed by atoms with Crippen LogP contribution in [0.3, 0.4) is 0 Å². The van der Waals surface area contributed by atoms with E-state index in [1.807, 2.05) is 25.4 Å². The molecule has 6 heterocycles. The highest BCUT2D eigenvalue weighted by atomic mass is 16.6. The molecule has 1 unspecified atom stereocenters. The van der Waals surface area contributed by atoms with Gasteiger partial charge in [0, 0.05) is 93.6 Å². The van der Waals surface area contributed by atoms with Crippen LogP contribution in [0.15, 0.2) is 42.7 Å². The van der Waals surface area contributed by atoms with Crippen LogP contribution in [0, 0.1) is 15.5 Å². The number of piperidine rings is 3. The van der Waals surface area contributed by atoms with Crippen molar-refractivity contribution in [3.05, 3.63) is 64.0 Å². The Bertz CT molecular complexity index is 2000. The number of carbonyl (C=O) groups is 4. The van der Waals surface area contributed by atoms with Crippen molar-refractivity contribution in [3.8, 4) is 16.9 Å². The molecule has 284 valence electrons. The van der Waals surface area contributed by atoms with Gasteiger partial charge in [-0.15, -0.1) is 0 Å². The van der Waals surface area contributed by atoms with Crippen molar-refractivity contribution >= 4 is 40.7 Å². The molecular weight excluding hydrogens is 694 g/mol. The predicted octanol–water partition coefficient (Wildman–Crippen LogP) is 2.87. The number of rotatable bonds is 8. The summed E-state index contributed by atoms with van der Waals surface area (Å²) in [6, 6.07) is 7.77. The molecular formula is C38H45N9O7. The second-order valence-electron chi connectivity index (χ2n) is 15.2. The Kier molecular flexibility index (Phi) is 9.34. The molecule has 0 radical (unpaired) electrons. The van der Waals surface area contributed by atoms with Gasteiger partial charge >= 0.3 is 5.69 Å². The van der Waals surface area contributed by atoms with Crippen LogP contribution in [0.4, 0.5) is 17.1 Å². The van der Waals surface area contributed by atoms with Gasteiger partial charge in [-0.2, -0.15) is 5.10 Å². The molecule has 8 rings (SSSR count). The van der Waals surface area contributed by atoms with Crippen LogP contribution < -0.4 is 19.9 Å². The fourth-order valence-corrected chi connectivity index (χ4v) is 8.89. The largest absolute Gasteiger partial charge is 0.490 e. The van der Waals surface area contributed by atoms with E-state index in [2.05, 4.69) is 30.0 Å². The Morgan fingerprint density at radius 1 is 0.870 bits per heavy atom. The van der Waals surface area contributed by atoms with Crippen molar-refractivity contribution in [1.29, 1.82) is 0 Å². The fraction of sp³-hybridized carbons (Fsp3) is 0.500. The molecule has 5 aliphatic rings. The topological polar surface area (TPSA) is 167 Å². The lowest BCUT2D eigenvalue weighted by atomic mass is 9.71. The Hall–Kier alpha value is -5.35. The zero-order chi connectivity index (χ0) is 37.7. The number of amides is 4. The van der Waals surface area contributed by atoms with Gasteiger partial charge in [0.2, 0.25) is 11.8 Å². The number of imide groups is 2. The maximum absolute atomic E-state index is 13.3. The van der Waals surface area contributed by atoms with E-state index in [0.29, 0.717) is 11.1 Å². The number of anilines is 2. The lowest BCUT2D eigenvalue weighted by Gasteiger charge is -2.48. The van der Waals surface area contributed by atoms with Gasteiger partial charge in [-0.25, -0.2) is 0 Å². The number of nitro benzene ring substituents is 1. The number of benzene rings is 2. The molecule has 4 saturated heterocycles. The second-order valence-corrected chi connectivity index (χ2v) is 15.2. The van der Waals surface area contributed by atoms with E-state index in [-0.39, 0.29) is 29.7 Å². The number of aryl methyl sites for hydroxylation is 1. The zero-order valence-electron chi connectivity index (χ0n) is 30.7. The molecule has 5 aliphatic heterocycles. The maximum Gasteiger partial charge on any atom is 0.311 e. The molecule has 0 saturated carbocycles. The molecule has 54 heavy (non-hydrogen) atoms. The predicted molar refractivity (Wildman–Crippen MR) is 198 cm³/mol. The third kappa shape index (κ3) is 6.57. The van der Waals surface area contributed by atoms with Crippen LogP contribution in [0.1, 0.15) is 59.2 Å². The van der Waals surface area contributed by atoms with E-state index in [1.54, 1.807) is 29.1 Å². The number of ether oxygens (including phenoxy) is 1. The summed E-state index contributed by atoms with van der Waals surface area (Å²) in [5.41, 5.74) is 4.27. The minimum Gasteiger partial charge on any atom is -0.490 e. The number of piperazine rings is 1. The van der Waals surface area contributed by atoms with Crippen LogP contribution in [-0.2, 0) is 16.6 Å². The van der Waals surface area contributed by atoms with Gasteiger partial charge in [0.15, 0.2) is 5.75 Å². The summed E-state index contributed by atoms with van der Waals surface area (Å²) in [5, 5.41) is 18.4. The summed E-state index contributed by atoms with van der Waals surface area (Å²) in [6.45, 7) is 8.06. The van der Waals surface area contributed by atoms with Gasteiger partial charge in [0.05, 0.1) is 36.0 Å². The summed E-state index contributed by atoms with van der Waals surface area (Å²) in [7, 11) is 3.31. The second kappa shape index (κ2) is 14.1. The highest BCUT2D eigenvalue weighted by molar-refractivity contribution is 6.23. The summed E-state index contributed by atoms with van der Waals surface area (Å²) >= 11 is 0. The molecule has 16 nitrogen and oxygen atoms in total. The molecule has 0 bridgehead atoms. The fourth-order valence-electron chi connectivity index (χ4n) is 8.89. The number of hydrogen-bond acceptors (Lipinski definition) is 12. The summed E-state index contributed by atoms with van der Waals surface area (Å²) < 4.78 is 7.16. The van der Waals surface area contributed by atoms with E-state index in [0.717, 1.165) is 112 Å². The number of carbonyl (C=O) groups excluding carboxylic acids is 4. The Morgan fingerprint density at radius 2 is 1.56 bits per heavy atom. The van der Waals surface area contributed by atoms with Crippen molar-refractivity contribution in [1.82, 2.24) is 29.8 Å². The molecule has 2 aromatic carbocycles. The van der Waals surface area contributed by atoms with Crippen LogP contribution in [0.5, 0.6) is 5.75 Å². The highest BCUT2D eigenvalue weighted by Gasteiger charge is 2.45. The Morgan fingerprint density at radius 3 is 2.20 bits per heavy atom. The third-order valence-corrected chi connectivity index (χ3v) is 12.2. The average Bonchev–Trinajstić information content (AvgIpc) is 3.72. The molecule has 4 amide bonds. The number of nitrogens with one attached hydrogen (secondary N) is 1. The van der Waals surface area contributed by atoms with Gasteiger partial charge < -0.3 is 14.5 Å². The quantitative estimate of drug-likeness (QED) is 0.204. The number of hydrogen-bond donors (Lipinski definition) is 1. The van der Waals surface area contributed by atoms with Crippen molar-refractivity contribution in [2.24, 2.45) is 12.5 Å². The molecule has 1 N–H and O–H groups in total. The number of aromatic nitrogens is 2. The third-order valence-electron chi connectivity index (χ3n) is 12.2. The zero-order valence-corrected chi connectivity index (χ0v) is 30.7. The van der Waals surface area contributed by atoms with Gasteiger partial charge in [-0.1, -0.05) is 0 Å². The summed E-state index contributed by atoms with van der Waals surface area (Å²) in [5.74, 6) is -1.72. The highest BCUT2D eigenvalue weighted by Crippen LogP contribution is 2.46. The van der Waals surface area contributed by atoms with Crippen LogP contribution in [0.25, 0.3) is 11.1 Å². The number of nitro groups is 1. The molecule has 1 spiro atoms. The van der Waals surface area contributed by atoms with Crippen LogP contribution in [0.2, 0.25) is 0 Å². The van der Waals surface area contributed by atoms with E-state index in [4.69, 9.17) is 4.74 Å². The lowest BCUT2D eigenvalue weighted by Crippen LogP contribution is -2.54. The van der Waals surface area contributed by atoms with Crippen LogP contribution in [-0.4, -0.2) is 125 Å². The number of methoxy groups -OCH3 is 1. The molecule has 0 aliphatic carbocycles. The van der Waals surface area contributed by atoms with Gasteiger partial charge in [0.25, 0.3) is 11.8 Å². The number of fused-ring (bicyclic) bond motifs is 1. The first-order valence-electron chi connectivity index (χ1n) is 18.7. The minimum atomic E-state index is -0.974. The first-order valence-corrected chi connectivity index (χ1v) is 18.7. The number of nitrogens with zero attached hydrogens (tertiary/aromatic N) is 8.